The fourth-order valence-electron chi connectivity index (χ4n) is 4.06. The number of rotatable bonds is 8. The average Bonchev–Trinajstić information content (AvgIpc) is 3.20. The van der Waals surface area contributed by atoms with Gasteiger partial charge in [0.05, 0.1) is 13.2 Å². The summed E-state index contributed by atoms with van der Waals surface area (Å²) in [5.74, 6) is 2.45. The third-order valence-electron chi connectivity index (χ3n) is 5.80. The number of hydrogen-bond acceptors (Lipinski definition) is 6. The molecule has 170 valence electrons. The quantitative estimate of drug-likeness (QED) is 0.423. The highest BCUT2D eigenvalue weighted by Gasteiger charge is 2.10. The van der Waals surface area contributed by atoms with E-state index in [-0.39, 0.29) is 0 Å². The van der Waals surface area contributed by atoms with Gasteiger partial charge in [-0.1, -0.05) is 12.1 Å². The first-order valence-electron chi connectivity index (χ1n) is 11.4. The van der Waals surface area contributed by atoms with Crippen LogP contribution in [0.1, 0.15) is 17.1 Å². The second kappa shape index (κ2) is 10.0. The molecular formula is C26H29N5O2. The number of fused-ring (bicyclic) bond motifs is 1. The predicted molar refractivity (Wildman–Crippen MR) is 130 cm³/mol. The van der Waals surface area contributed by atoms with Gasteiger partial charge >= 0.3 is 0 Å². The lowest BCUT2D eigenvalue weighted by atomic mass is 10.1. The minimum atomic E-state index is 0.666. The second-order valence-corrected chi connectivity index (χ2v) is 8.36. The summed E-state index contributed by atoms with van der Waals surface area (Å²) in [6, 6.07) is 18.5. The van der Waals surface area contributed by atoms with Gasteiger partial charge in [-0.2, -0.15) is 0 Å². The zero-order valence-corrected chi connectivity index (χ0v) is 18.9. The van der Waals surface area contributed by atoms with Crippen LogP contribution < -0.4 is 10.1 Å². The van der Waals surface area contributed by atoms with Crippen LogP contribution in [0.2, 0.25) is 0 Å². The van der Waals surface area contributed by atoms with Crippen molar-refractivity contribution in [1.29, 1.82) is 0 Å². The maximum Gasteiger partial charge on any atom is 0.135 e. The Balaban J connectivity index is 1.16. The largest absolute Gasteiger partial charge is 0.492 e. The molecule has 7 nitrogen and oxygen atoms in total. The molecule has 1 saturated heterocycles. The van der Waals surface area contributed by atoms with Crippen molar-refractivity contribution in [3.05, 3.63) is 77.9 Å². The van der Waals surface area contributed by atoms with Crippen molar-refractivity contribution < 1.29 is 9.47 Å². The number of H-pyrrole nitrogens is 1. The van der Waals surface area contributed by atoms with Crippen LogP contribution in [0.3, 0.4) is 0 Å². The molecule has 3 heterocycles. The highest BCUT2D eigenvalue weighted by molar-refractivity contribution is 5.84. The molecule has 0 spiro atoms. The first kappa shape index (κ1) is 21.4. The van der Waals surface area contributed by atoms with E-state index < -0.39 is 0 Å². The van der Waals surface area contributed by atoms with E-state index in [2.05, 4.69) is 63.5 Å². The fraction of sp³-hybridized carbons (Fsp3) is 0.308. The standard InChI is InChI=1S/C26H29N5O2/c1-19-16-21-18-22(4-7-24(21)28-19)29-25-8-9-27-26(30-25)17-20-2-5-23(6-3-20)33-15-12-31-10-13-32-14-11-31/h2-9,16,18,28H,10-15,17H2,1H3,(H,27,29,30). The lowest BCUT2D eigenvalue weighted by molar-refractivity contribution is 0.0322. The van der Waals surface area contributed by atoms with Crippen molar-refractivity contribution in [3.63, 3.8) is 0 Å². The molecule has 2 aromatic carbocycles. The molecule has 2 aromatic heterocycles. The van der Waals surface area contributed by atoms with Gasteiger partial charge in [0.15, 0.2) is 0 Å². The summed E-state index contributed by atoms with van der Waals surface area (Å²) < 4.78 is 11.3. The summed E-state index contributed by atoms with van der Waals surface area (Å²) in [6.07, 6.45) is 2.46. The van der Waals surface area contributed by atoms with Crippen molar-refractivity contribution in [2.24, 2.45) is 0 Å². The fourth-order valence-corrected chi connectivity index (χ4v) is 4.06. The molecule has 0 atom stereocenters. The Kier molecular flexibility index (Phi) is 6.51. The highest BCUT2D eigenvalue weighted by Crippen LogP contribution is 2.22. The van der Waals surface area contributed by atoms with Crippen LogP contribution in [0.15, 0.2) is 60.8 Å². The van der Waals surface area contributed by atoms with Gasteiger partial charge in [-0.25, -0.2) is 9.97 Å². The Morgan fingerprint density at radius 2 is 1.91 bits per heavy atom. The number of aromatic nitrogens is 3. The number of aromatic amines is 1. The maximum absolute atomic E-state index is 5.91. The van der Waals surface area contributed by atoms with E-state index in [4.69, 9.17) is 14.5 Å². The van der Waals surface area contributed by atoms with Gasteiger partial charge in [-0.3, -0.25) is 4.90 Å². The molecule has 0 amide bonds. The van der Waals surface area contributed by atoms with Crippen molar-refractivity contribution >= 4 is 22.4 Å². The van der Waals surface area contributed by atoms with E-state index in [1.165, 1.54) is 5.39 Å². The summed E-state index contributed by atoms with van der Waals surface area (Å²) in [5.41, 5.74) is 4.44. The topological polar surface area (TPSA) is 75.3 Å². The lowest BCUT2D eigenvalue weighted by Gasteiger charge is -2.26. The molecule has 1 aliphatic heterocycles. The number of nitrogens with zero attached hydrogens (tertiary/aromatic N) is 3. The zero-order valence-electron chi connectivity index (χ0n) is 18.9. The van der Waals surface area contributed by atoms with E-state index in [0.717, 1.165) is 72.7 Å². The molecule has 0 unspecified atom stereocenters. The third kappa shape index (κ3) is 5.69. The Morgan fingerprint density at radius 1 is 1.06 bits per heavy atom. The number of morpholine rings is 1. The molecular weight excluding hydrogens is 414 g/mol. The van der Waals surface area contributed by atoms with Crippen LogP contribution in [0.5, 0.6) is 5.75 Å². The summed E-state index contributed by atoms with van der Waals surface area (Å²) in [4.78, 5) is 14.9. The van der Waals surface area contributed by atoms with Gasteiger partial charge in [0.25, 0.3) is 0 Å². The Bertz CT molecular complexity index is 1200. The molecule has 7 heteroatoms. The van der Waals surface area contributed by atoms with Crippen molar-refractivity contribution in [2.45, 2.75) is 13.3 Å². The monoisotopic (exact) mass is 443 g/mol. The number of aryl methyl sites for hydroxylation is 1. The van der Waals surface area contributed by atoms with Gasteiger partial charge in [-0.15, -0.1) is 0 Å². The number of anilines is 2. The van der Waals surface area contributed by atoms with Crippen molar-refractivity contribution in [2.75, 3.05) is 44.8 Å². The summed E-state index contributed by atoms with van der Waals surface area (Å²) >= 11 is 0. The van der Waals surface area contributed by atoms with E-state index in [0.29, 0.717) is 13.0 Å². The molecule has 0 aliphatic carbocycles. The number of nitrogens with one attached hydrogen (secondary N) is 2. The first-order valence-corrected chi connectivity index (χ1v) is 11.4. The molecule has 1 fully saturated rings. The van der Waals surface area contributed by atoms with Crippen LogP contribution in [-0.2, 0) is 11.2 Å². The molecule has 5 rings (SSSR count). The lowest BCUT2D eigenvalue weighted by Crippen LogP contribution is -2.38. The molecule has 0 saturated carbocycles. The van der Waals surface area contributed by atoms with Crippen LogP contribution in [0, 0.1) is 6.92 Å². The predicted octanol–water partition coefficient (Wildman–Crippen LogP) is 4.31. The highest BCUT2D eigenvalue weighted by atomic mass is 16.5. The number of hydrogen-bond donors (Lipinski definition) is 2. The van der Waals surface area contributed by atoms with E-state index in [1.807, 2.05) is 18.2 Å². The van der Waals surface area contributed by atoms with E-state index in [1.54, 1.807) is 6.20 Å². The Labute approximate surface area is 193 Å². The Morgan fingerprint density at radius 3 is 2.76 bits per heavy atom. The van der Waals surface area contributed by atoms with Crippen molar-refractivity contribution in [1.82, 2.24) is 19.9 Å². The minimum Gasteiger partial charge on any atom is -0.492 e. The third-order valence-corrected chi connectivity index (χ3v) is 5.80. The molecule has 2 N–H and O–H groups in total. The summed E-state index contributed by atoms with van der Waals surface area (Å²) in [6.45, 7) is 7.27. The van der Waals surface area contributed by atoms with Gasteiger partial charge in [0, 0.05) is 54.5 Å². The number of benzene rings is 2. The summed E-state index contributed by atoms with van der Waals surface area (Å²) in [7, 11) is 0. The van der Waals surface area contributed by atoms with Gasteiger partial charge < -0.3 is 19.8 Å². The van der Waals surface area contributed by atoms with Gasteiger partial charge in [-0.05, 0) is 55.0 Å². The first-order chi connectivity index (χ1) is 16.2. The van der Waals surface area contributed by atoms with Crippen LogP contribution in [0.4, 0.5) is 11.5 Å². The van der Waals surface area contributed by atoms with Crippen LogP contribution >= 0.6 is 0 Å². The Hall–Kier alpha value is -3.42. The zero-order chi connectivity index (χ0) is 22.5. The van der Waals surface area contributed by atoms with Gasteiger partial charge in [0.1, 0.15) is 24.0 Å². The van der Waals surface area contributed by atoms with Crippen molar-refractivity contribution in [3.8, 4) is 5.75 Å². The van der Waals surface area contributed by atoms with Crippen LogP contribution in [-0.4, -0.2) is 59.3 Å². The molecule has 4 aromatic rings. The molecule has 1 aliphatic rings. The molecule has 0 radical (unpaired) electrons. The number of ether oxygens (including phenoxy) is 2. The molecule has 0 bridgehead atoms. The maximum atomic E-state index is 5.91. The average molecular weight is 444 g/mol. The SMILES string of the molecule is Cc1cc2cc(Nc3ccnc(Cc4ccc(OCCN5CCOCC5)cc4)n3)ccc2[nH]1. The minimum absolute atomic E-state index is 0.666. The normalized spacial score (nSPS) is 14.5. The smallest absolute Gasteiger partial charge is 0.135 e. The van der Waals surface area contributed by atoms with Crippen LogP contribution in [0.25, 0.3) is 10.9 Å². The van der Waals surface area contributed by atoms with E-state index in [9.17, 15) is 0 Å². The van der Waals surface area contributed by atoms with E-state index >= 15 is 0 Å². The second-order valence-electron chi connectivity index (χ2n) is 8.36. The summed E-state index contributed by atoms with van der Waals surface area (Å²) in [5, 5.41) is 4.57. The van der Waals surface area contributed by atoms with Gasteiger partial charge in [0.2, 0.25) is 0 Å². The molecule has 33 heavy (non-hydrogen) atoms.